The maximum Gasteiger partial charge on any atom is 0.244 e. The SMILES string of the molecule is O=C(/C=C/c1coc2ccccc2c1=O)NC1CCN(Cc2ccccc2)CC1. The van der Waals surface area contributed by atoms with E-state index in [2.05, 4.69) is 34.5 Å². The summed E-state index contributed by atoms with van der Waals surface area (Å²) in [5.74, 6) is -0.181. The molecule has 0 spiro atoms. The molecular formula is C24H24N2O3. The summed E-state index contributed by atoms with van der Waals surface area (Å²) in [5.41, 5.74) is 2.09. The van der Waals surface area contributed by atoms with Gasteiger partial charge in [0.25, 0.3) is 0 Å². The van der Waals surface area contributed by atoms with E-state index in [1.807, 2.05) is 12.1 Å². The fourth-order valence-corrected chi connectivity index (χ4v) is 3.70. The van der Waals surface area contributed by atoms with Gasteiger partial charge in [0.2, 0.25) is 5.91 Å². The number of hydrogen-bond acceptors (Lipinski definition) is 4. The molecular weight excluding hydrogens is 364 g/mol. The topological polar surface area (TPSA) is 62.6 Å². The molecule has 1 N–H and O–H groups in total. The third-order valence-corrected chi connectivity index (χ3v) is 5.30. The van der Waals surface area contributed by atoms with E-state index in [0.717, 1.165) is 32.5 Å². The largest absolute Gasteiger partial charge is 0.463 e. The minimum absolute atomic E-state index is 0.134. The first-order valence-corrected chi connectivity index (χ1v) is 9.94. The van der Waals surface area contributed by atoms with Gasteiger partial charge in [-0.1, -0.05) is 42.5 Å². The van der Waals surface area contributed by atoms with Crippen LogP contribution in [0.2, 0.25) is 0 Å². The van der Waals surface area contributed by atoms with Crippen molar-refractivity contribution >= 4 is 23.0 Å². The highest BCUT2D eigenvalue weighted by Crippen LogP contribution is 2.14. The predicted molar refractivity (Wildman–Crippen MR) is 114 cm³/mol. The Hall–Kier alpha value is -3.18. The number of carbonyl (C=O) groups is 1. The van der Waals surface area contributed by atoms with E-state index >= 15 is 0 Å². The summed E-state index contributed by atoms with van der Waals surface area (Å²) in [6, 6.07) is 17.7. The van der Waals surface area contributed by atoms with Gasteiger partial charge in [-0.3, -0.25) is 14.5 Å². The summed E-state index contributed by atoms with van der Waals surface area (Å²) < 4.78 is 5.48. The Morgan fingerprint density at radius 2 is 1.79 bits per heavy atom. The van der Waals surface area contributed by atoms with Crippen molar-refractivity contribution in [2.75, 3.05) is 13.1 Å². The van der Waals surface area contributed by atoms with Crippen molar-refractivity contribution in [2.24, 2.45) is 0 Å². The number of piperidine rings is 1. The molecule has 29 heavy (non-hydrogen) atoms. The van der Waals surface area contributed by atoms with Gasteiger partial charge in [0.15, 0.2) is 5.43 Å². The number of hydrogen-bond donors (Lipinski definition) is 1. The van der Waals surface area contributed by atoms with E-state index in [-0.39, 0.29) is 17.4 Å². The molecule has 0 saturated carbocycles. The Balaban J connectivity index is 1.30. The van der Waals surface area contributed by atoms with E-state index in [9.17, 15) is 9.59 Å². The summed E-state index contributed by atoms with van der Waals surface area (Å²) in [5, 5.41) is 3.56. The van der Waals surface area contributed by atoms with Crippen molar-refractivity contribution in [1.29, 1.82) is 0 Å². The van der Waals surface area contributed by atoms with Gasteiger partial charge >= 0.3 is 0 Å². The van der Waals surface area contributed by atoms with Crippen molar-refractivity contribution in [3.05, 3.63) is 88.3 Å². The quantitative estimate of drug-likeness (QED) is 0.679. The van der Waals surface area contributed by atoms with Crippen LogP contribution in [-0.4, -0.2) is 29.9 Å². The molecule has 0 bridgehead atoms. The molecule has 0 radical (unpaired) electrons. The Morgan fingerprint density at radius 3 is 2.59 bits per heavy atom. The highest BCUT2D eigenvalue weighted by molar-refractivity contribution is 5.92. The number of likely N-dealkylation sites (tertiary alicyclic amines) is 1. The fraction of sp³-hybridized carbons (Fsp3) is 0.250. The van der Waals surface area contributed by atoms with Crippen LogP contribution in [0.3, 0.4) is 0 Å². The lowest BCUT2D eigenvalue weighted by Crippen LogP contribution is -2.43. The fourth-order valence-electron chi connectivity index (χ4n) is 3.70. The van der Waals surface area contributed by atoms with Crippen molar-refractivity contribution < 1.29 is 9.21 Å². The summed E-state index contributed by atoms with van der Waals surface area (Å²) >= 11 is 0. The van der Waals surface area contributed by atoms with Crippen LogP contribution in [0.1, 0.15) is 24.0 Å². The molecule has 1 aliphatic rings. The van der Waals surface area contributed by atoms with Gasteiger partial charge in [0.05, 0.1) is 10.9 Å². The van der Waals surface area contributed by atoms with Crippen LogP contribution in [0.25, 0.3) is 17.0 Å². The van der Waals surface area contributed by atoms with Gasteiger partial charge in [0, 0.05) is 31.8 Å². The Labute approximate surface area is 169 Å². The molecule has 1 saturated heterocycles. The van der Waals surface area contributed by atoms with E-state index in [4.69, 9.17) is 4.42 Å². The molecule has 3 aromatic rings. The van der Waals surface area contributed by atoms with Crippen molar-refractivity contribution in [3.8, 4) is 0 Å². The number of amides is 1. The van der Waals surface area contributed by atoms with Crippen LogP contribution >= 0.6 is 0 Å². The van der Waals surface area contributed by atoms with E-state index in [1.165, 1.54) is 24.0 Å². The maximum absolute atomic E-state index is 12.5. The molecule has 1 aliphatic heterocycles. The molecule has 2 aromatic carbocycles. The van der Waals surface area contributed by atoms with Crippen LogP contribution in [-0.2, 0) is 11.3 Å². The summed E-state index contributed by atoms with van der Waals surface area (Å²) in [6.07, 6.45) is 6.18. The van der Waals surface area contributed by atoms with E-state index in [0.29, 0.717) is 16.5 Å². The lowest BCUT2D eigenvalue weighted by molar-refractivity contribution is -0.117. The second kappa shape index (κ2) is 8.88. The first-order valence-electron chi connectivity index (χ1n) is 9.94. The Morgan fingerprint density at radius 1 is 1.07 bits per heavy atom. The number of fused-ring (bicyclic) bond motifs is 1. The van der Waals surface area contributed by atoms with Gasteiger partial charge < -0.3 is 9.73 Å². The lowest BCUT2D eigenvalue weighted by Gasteiger charge is -2.32. The molecule has 1 fully saturated rings. The minimum Gasteiger partial charge on any atom is -0.463 e. The minimum atomic E-state index is -0.181. The highest BCUT2D eigenvalue weighted by atomic mass is 16.3. The third kappa shape index (κ3) is 4.81. The van der Waals surface area contributed by atoms with Gasteiger partial charge in [0.1, 0.15) is 11.8 Å². The predicted octanol–water partition coefficient (Wildman–Crippen LogP) is 3.59. The van der Waals surface area contributed by atoms with Crippen LogP contribution in [0.5, 0.6) is 0 Å². The van der Waals surface area contributed by atoms with Gasteiger partial charge in [-0.05, 0) is 36.6 Å². The van der Waals surface area contributed by atoms with Crippen LogP contribution < -0.4 is 10.7 Å². The van der Waals surface area contributed by atoms with Gasteiger partial charge in [-0.25, -0.2) is 0 Å². The number of nitrogens with zero attached hydrogens (tertiary/aromatic N) is 1. The summed E-state index contributed by atoms with van der Waals surface area (Å²) in [7, 11) is 0. The molecule has 5 nitrogen and oxygen atoms in total. The lowest BCUT2D eigenvalue weighted by atomic mass is 10.0. The van der Waals surface area contributed by atoms with E-state index < -0.39 is 0 Å². The number of nitrogens with one attached hydrogen (secondary N) is 1. The maximum atomic E-state index is 12.5. The van der Waals surface area contributed by atoms with Crippen molar-refractivity contribution in [3.63, 3.8) is 0 Å². The van der Waals surface area contributed by atoms with Gasteiger partial charge in [-0.15, -0.1) is 0 Å². The standard InChI is InChI=1S/C24H24N2O3/c27-23(11-10-19-17-29-22-9-5-4-8-21(22)24(19)28)25-20-12-14-26(15-13-20)16-18-6-2-1-3-7-18/h1-11,17,20H,12-16H2,(H,25,27)/b11-10+. The summed E-state index contributed by atoms with van der Waals surface area (Å²) in [4.78, 5) is 27.2. The monoisotopic (exact) mass is 388 g/mol. The molecule has 1 amide bonds. The molecule has 5 heteroatoms. The smallest absolute Gasteiger partial charge is 0.244 e. The average molecular weight is 388 g/mol. The van der Waals surface area contributed by atoms with E-state index in [1.54, 1.807) is 18.2 Å². The van der Waals surface area contributed by atoms with Crippen LogP contribution in [0.15, 0.2) is 76.1 Å². The molecule has 0 atom stereocenters. The zero-order valence-electron chi connectivity index (χ0n) is 16.2. The molecule has 0 unspecified atom stereocenters. The second-order valence-corrected chi connectivity index (χ2v) is 7.39. The second-order valence-electron chi connectivity index (χ2n) is 7.39. The molecule has 2 heterocycles. The number of carbonyl (C=O) groups excluding carboxylic acids is 1. The number of rotatable bonds is 5. The van der Waals surface area contributed by atoms with Crippen molar-refractivity contribution in [2.45, 2.75) is 25.4 Å². The third-order valence-electron chi connectivity index (χ3n) is 5.30. The zero-order chi connectivity index (χ0) is 20.1. The normalized spacial score (nSPS) is 15.7. The van der Waals surface area contributed by atoms with Gasteiger partial charge in [-0.2, -0.15) is 0 Å². The highest BCUT2D eigenvalue weighted by Gasteiger charge is 2.20. The molecule has 148 valence electrons. The Kier molecular flexibility index (Phi) is 5.86. The van der Waals surface area contributed by atoms with Crippen molar-refractivity contribution in [1.82, 2.24) is 10.2 Å². The first kappa shape index (κ1) is 19.2. The molecule has 4 rings (SSSR count). The number of para-hydroxylation sites is 1. The first-order chi connectivity index (χ1) is 14.2. The number of benzene rings is 2. The average Bonchev–Trinajstić information content (AvgIpc) is 2.76. The Bertz CT molecular complexity index is 1060. The van der Waals surface area contributed by atoms with Crippen LogP contribution in [0.4, 0.5) is 0 Å². The summed E-state index contributed by atoms with van der Waals surface area (Å²) in [6.45, 7) is 2.86. The zero-order valence-corrected chi connectivity index (χ0v) is 16.2. The molecule has 0 aliphatic carbocycles. The molecule has 1 aromatic heterocycles. The van der Waals surface area contributed by atoms with Crippen LogP contribution in [0, 0.1) is 0 Å².